The van der Waals surface area contributed by atoms with E-state index in [0.717, 1.165) is 5.41 Å². The Balaban J connectivity index is 1.99. The van der Waals surface area contributed by atoms with Crippen molar-refractivity contribution in [3.63, 3.8) is 0 Å². The van der Waals surface area contributed by atoms with Gasteiger partial charge >= 0.3 is 0 Å². The number of fused-ring (bicyclic) bond motifs is 1. The molecule has 0 aromatic heterocycles. The Morgan fingerprint density at radius 2 is 2.10 bits per heavy atom. The molecule has 0 N–H and O–H groups in total. The lowest BCUT2D eigenvalue weighted by Crippen LogP contribution is -2.18. The second-order valence-corrected chi connectivity index (χ2v) is 4.80. The molecular formula is C10H16. The van der Waals surface area contributed by atoms with Crippen LogP contribution in [0.2, 0.25) is 0 Å². The van der Waals surface area contributed by atoms with Gasteiger partial charge < -0.3 is 0 Å². The first-order valence-corrected chi connectivity index (χ1v) is 4.89. The number of rotatable bonds is 0. The highest BCUT2D eigenvalue weighted by Crippen LogP contribution is 2.64. The molecule has 0 aliphatic heterocycles. The quantitative estimate of drug-likeness (QED) is 0.480. The predicted molar refractivity (Wildman–Crippen MR) is 41.7 cm³/mol. The zero-order valence-corrected chi connectivity index (χ0v) is 6.60. The van der Waals surface area contributed by atoms with E-state index in [-0.39, 0.29) is 0 Å². The molecule has 3 fully saturated rings. The van der Waals surface area contributed by atoms with Crippen molar-refractivity contribution in [1.82, 2.24) is 0 Å². The summed E-state index contributed by atoms with van der Waals surface area (Å²) in [7, 11) is 0. The minimum atomic E-state index is 0.921. The molecule has 0 heterocycles. The second-order valence-electron chi connectivity index (χ2n) is 4.80. The first kappa shape index (κ1) is 5.62. The fraction of sp³-hybridized carbons (Fsp3) is 1.00. The third-order valence-electron chi connectivity index (χ3n) is 4.46. The minimum Gasteiger partial charge on any atom is -0.0525 e. The van der Waals surface area contributed by atoms with Crippen molar-refractivity contribution in [2.75, 3.05) is 0 Å². The van der Waals surface area contributed by atoms with E-state index in [1.54, 1.807) is 44.9 Å². The van der Waals surface area contributed by atoms with Gasteiger partial charge in [-0.3, -0.25) is 0 Å². The zero-order valence-electron chi connectivity index (χ0n) is 6.60. The van der Waals surface area contributed by atoms with Gasteiger partial charge in [-0.1, -0.05) is 6.42 Å². The van der Waals surface area contributed by atoms with Crippen LogP contribution in [-0.4, -0.2) is 0 Å². The first-order valence-electron chi connectivity index (χ1n) is 4.89. The van der Waals surface area contributed by atoms with Crippen LogP contribution in [0.1, 0.15) is 44.9 Å². The molecule has 2 bridgehead atoms. The Bertz CT molecular complexity index is 157. The lowest BCUT2D eigenvalue weighted by atomic mass is 9.78. The van der Waals surface area contributed by atoms with Crippen molar-refractivity contribution in [2.45, 2.75) is 44.9 Å². The van der Waals surface area contributed by atoms with Crippen LogP contribution < -0.4 is 0 Å². The van der Waals surface area contributed by atoms with Crippen molar-refractivity contribution in [2.24, 2.45) is 17.3 Å². The highest BCUT2D eigenvalue weighted by atomic mass is 14.6. The average molecular weight is 136 g/mol. The van der Waals surface area contributed by atoms with Crippen LogP contribution in [0.25, 0.3) is 0 Å². The smallest absolute Gasteiger partial charge is 0.0266 e. The maximum absolute atomic E-state index is 1.62. The third-order valence-corrected chi connectivity index (χ3v) is 4.46. The van der Waals surface area contributed by atoms with Crippen LogP contribution in [0.5, 0.6) is 0 Å². The standard InChI is InChI=1S/C10H16/c1-2-9-6-8-3-5-10(9,4-1)7-8/h8-9H,1-7H2. The van der Waals surface area contributed by atoms with E-state index in [1.807, 2.05) is 0 Å². The van der Waals surface area contributed by atoms with Crippen LogP contribution >= 0.6 is 0 Å². The first-order chi connectivity index (χ1) is 4.89. The molecule has 3 atom stereocenters. The van der Waals surface area contributed by atoms with E-state index in [9.17, 15) is 0 Å². The molecule has 3 unspecified atom stereocenters. The highest BCUT2D eigenvalue weighted by molar-refractivity contribution is 5.04. The molecule has 3 rings (SSSR count). The molecule has 3 aliphatic carbocycles. The third kappa shape index (κ3) is 0.500. The fourth-order valence-electron chi connectivity index (χ4n) is 4.05. The van der Waals surface area contributed by atoms with Gasteiger partial charge in [0.25, 0.3) is 0 Å². The minimum absolute atomic E-state index is 0.921. The predicted octanol–water partition coefficient (Wildman–Crippen LogP) is 2.98. The molecule has 0 nitrogen and oxygen atoms in total. The summed E-state index contributed by atoms with van der Waals surface area (Å²) in [6.07, 6.45) is 11.1. The fourth-order valence-corrected chi connectivity index (χ4v) is 4.05. The van der Waals surface area contributed by atoms with E-state index >= 15 is 0 Å². The molecule has 0 heteroatoms. The highest BCUT2D eigenvalue weighted by Gasteiger charge is 2.53. The molecule has 0 amide bonds. The lowest BCUT2D eigenvalue weighted by molar-refractivity contribution is 0.227. The maximum Gasteiger partial charge on any atom is -0.0266 e. The second kappa shape index (κ2) is 1.60. The SMILES string of the molecule is C1CC2CC3CCC2(C1)C3. The van der Waals surface area contributed by atoms with Crippen molar-refractivity contribution in [1.29, 1.82) is 0 Å². The topological polar surface area (TPSA) is 0 Å². The maximum atomic E-state index is 1.62. The molecule has 0 saturated heterocycles. The Labute approximate surface area is 63.0 Å². The summed E-state index contributed by atoms with van der Waals surface area (Å²) in [5, 5.41) is 0. The van der Waals surface area contributed by atoms with Crippen molar-refractivity contribution >= 4 is 0 Å². The summed E-state index contributed by atoms with van der Waals surface area (Å²) in [5.74, 6) is 2.36. The normalized spacial score (nSPS) is 57.6. The van der Waals surface area contributed by atoms with Gasteiger partial charge in [0, 0.05) is 0 Å². The largest absolute Gasteiger partial charge is 0.0525 e. The van der Waals surface area contributed by atoms with Crippen molar-refractivity contribution in [3.8, 4) is 0 Å². The molecule has 0 aromatic rings. The van der Waals surface area contributed by atoms with Gasteiger partial charge in [0.05, 0.1) is 0 Å². The molecular weight excluding hydrogens is 120 g/mol. The molecule has 0 radical (unpaired) electrons. The van der Waals surface area contributed by atoms with Crippen LogP contribution in [0.4, 0.5) is 0 Å². The van der Waals surface area contributed by atoms with Gasteiger partial charge in [-0.05, 0) is 55.8 Å². The van der Waals surface area contributed by atoms with Gasteiger partial charge in [0.15, 0.2) is 0 Å². The average Bonchev–Trinajstić information content (AvgIpc) is 2.48. The van der Waals surface area contributed by atoms with E-state index in [4.69, 9.17) is 0 Å². The molecule has 3 saturated carbocycles. The van der Waals surface area contributed by atoms with Gasteiger partial charge in [-0.25, -0.2) is 0 Å². The van der Waals surface area contributed by atoms with E-state index in [0.29, 0.717) is 0 Å². The summed E-state index contributed by atoms with van der Waals surface area (Å²) in [5.41, 5.74) is 0.921. The lowest BCUT2D eigenvalue weighted by Gasteiger charge is -2.27. The van der Waals surface area contributed by atoms with Gasteiger partial charge in [0.1, 0.15) is 0 Å². The summed E-state index contributed by atoms with van der Waals surface area (Å²) in [6, 6.07) is 0. The van der Waals surface area contributed by atoms with Crippen molar-refractivity contribution < 1.29 is 0 Å². The molecule has 0 aromatic carbocycles. The van der Waals surface area contributed by atoms with Gasteiger partial charge in [-0.2, -0.15) is 0 Å². The molecule has 1 spiro atoms. The summed E-state index contributed by atoms with van der Waals surface area (Å²) >= 11 is 0. The summed E-state index contributed by atoms with van der Waals surface area (Å²) in [6.45, 7) is 0. The Morgan fingerprint density at radius 3 is 2.90 bits per heavy atom. The van der Waals surface area contributed by atoms with Gasteiger partial charge in [-0.15, -0.1) is 0 Å². The van der Waals surface area contributed by atoms with E-state index in [1.165, 1.54) is 11.8 Å². The van der Waals surface area contributed by atoms with Gasteiger partial charge in [0.2, 0.25) is 0 Å². The summed E-state index contributed by atoms with van der Waals surface area (Å²) in [4.78, 5) is 0. The molecule has 3 aliphatic rings. The molecule has 10 heavy (non-hydrogen) atoms. The monoisotopic (exact) mass is 136 g/mol. The van der Waals surface area contributed by atoms with E-state index in [2.05, 4.69) is 0 Å². The molecule has 56 valence electrons. The number of hydrogen-bond acceptors (Lipinski definition) is 0. The number of hydrogen-bond donors (Lipinski definition) is 0. The van der Waals surface area contributed by atoms with Crippen LogP contribution in [0, 0.1) is 17.3 Å². The van der Waals surface area contributed by atoms with Crippen LogP contribution in [0.15, 0.2) is 0 Å². The Morgan fingerprint density at radius 1 is 1.10 bits per heavy atom. The Kier molecular flexibility index (Phi) is 0.898. The summed E-state index contributed by atoms with van der Waals surface area (Å²) < 4.78 is 0. The van der Waals surface area contributed by atoms with Crippen LogP contribution in [0.3, 0.4) is 0 Å². The van der Waals surface area contributed by atoms with Crippen LogP contribution in [-0.2, 0) is 0 Å². The zero-order chi connectivity index (χ0) is 6.60. The Hall–Kier alpha value is 0. The van der Waals surface area contributed by atoms with E-state index < -0.39 is 0 Å². The van der Waals surface area contributed by atoms with Crippen molar-refractivity contribution in [3.05, 3.63) is 0 Å².